The van der Waals surface area contributed by atoms with Crippen LogP contribution in [0.25, 0.3) is 0 Å². The first-order valence-electron chi connectivity index (χ1n) is 15.2. The number of nitrogens with one attached hydrogen (secondary N) is 1. The average Bonchev–Trinajstić information content (AvgIpc) is 3.14. The van der Waals surface area contributed by atoms with E-state index in [1.165, 1.54) is 11.6 Å². The van der Waals surface area contributed by atoms with Crippen molar-refractivity contribution in [1.29, 1.82) is 0 Å². The molecular weight excluding hydrogens is 510 g/mol. The third-order valence-corrected chi connectivity index (χ3v) is 11.1. The average molecular weight is 558 g/mol. The summed E-state index contributed by atoms with van der Waals surface area (Å²) in [6.07, 6.45) is 10.8. The third-order valence-electron chi connectivity index (χ3n) is 11.1. The number of amides is 1. The summed E-state index contributed by atoms with van der Waals surface area (Å²) in [6, 6.07) is -0.780. The highest BCUT2D eigenvalue weighted by Crippen LogP contribution is 2.69. The predicted octanol–water partition coefficient (Wildman–Crippen LogP) is 5.38. The summed E-state index contributed by atoms with van der Waals surface area (Å²) < 4.78 is 16.5. The number of ether oxygens (including phenoxy) is 3. The SMILES string of the molecule is CC(NC(=O)OC(C)(C)C)C(=O)OC1CC[C@@]2(C)[C@H](CC[C@@H]3[C@@H]2CC[C@]2(C)/C(=C4/C=CC(=O)OC4)CC[C@]32O)C1. The Morgan fingerprint density at radius 3 is 2.50 bits per heavy atom. The highest BCUT2D eigenvalue weighted by atomic mass is 16.6. The van der Waals surface area contributed by atoms with Crippen LogP contribution in [0.4, 0.5) is 4.79 Å². The fraction of sp³-hybridized carbons (Fsp3) is 0.781. The van der Waals surface area contributed by atoms with Gasteiger partial charge >= 0.3 is 18.0 Å². The molecule has 4 saturated carbocycles. The van der Waals surface area contributed by atoms with Gasteiger partial charge in [-0.25, -0.2) is 14.4 Å². The molecule has 8 atom stereocenters. The molecule has 4 fully saturated rings. The Morgan fingerprint density at radius 2 is 1.82 bits per heavy atom. The van der Waals surface area contributed by atoms with E-state index >= 15 is 0 Å². The maximum Gasteiger partial charge on any atom is 0.408 e. The van der Waals surface area contributed by atoms with E-state index in [-0.39, 0.29) is 28.8 Å². The Bertz CT molecular complexity index is 1120. The topological polar surface area (TPSA) is 111 Å². The molecule has 8 nitrogen and oxygen atoms in total. The van der Waals surface area contributed by atoms with Crippen molar-refractivity contribution in [2.75, 3.05) is 6.61 Å². The molecule has 0 bridgehead atoms. The lowest BCUT2D eigenvalue weighted by atomic mass is 9.43. The third kappa shape index (κ3) is 4.99. The van der Waals surface area contributed by atoms with Gasteiger partial charge in [-0.2, -0.15) is 0 Å². The lowest BCUT2D eigenvalue weighted by molar-refractivity contribution is -0.199. The van der Waals surface area contributed by atoms with Gasteiger partial charge in [0.1, 0.15) is 24.4 Å². The predicted molar refractivity (Wildman–Crippen MR) is 149 cm³/mol. The molecular formula is C32H47NO7. The van der Waals surface area contributed by atoms with Crippen LogP contribution in [-0.4, -0.2) is 53.1 Å². The van der Waals surface area contributed by atoms with Crippen LogP contribution in [0.1, 0.15) is 99.3 Å². The largest absolute Gasteiger partial charge is 0.461 e. The molecule has 0 saturated heterocycles. The Morgan fingerprint density at radius 1 is 1.07 bits per heavy atom. The molecule has 0 spiro atoms. The minimum absolute atomic E-state index is 0.0967. The van der Waals surface area contributed by atoms with Gasteiger partial charge in [0, 0.05) is 11.5 Å². The minimum atomic E-state index is -0.780. The van der Waals surface area contributed by atoms with E-state index in [1.54, 1.807) is 27.7 Å². The van der Waals surface area contributed by atoms with Crippen molar-refractivity contribution in [2.24, 2.45) is 28.6 Å². The molecule has 1 amide bonds. The number of fused-ring (bicyclic) bond motifs is 5. The summed E-state index contributed by atoms with van der Waals surface area (Å²) >= 11 is 0. The van der Waals surface area contributed by atoms with Gasteiger partial charge in [-0.1, -0.05) is 19.4 Å². The maximum atomic E-state index is 12.8. The number of hydrogen-bond acceptors (Lipinski definition) is 7. The van der Waals surface area contributed by atoms with E-state index in [2.05, 4.69) is 19.2 Å². The lowest BCUT2D eigenvalue weighted by Gasteiger charge is -2.63. The lowest BCUT2D eigenvalue weighted by Crippen LogP contribution is -2.61. The van der Waals surface area contributed by atoms with Crippen molar-refractivity contribution < 1.29 is 33.7 Å². The van der Waals surface area contributed by atoms with Crippen LogP contribution in [-0.2, 0) is 23.8 Å². The summed E-state index contributed by atoms with van der Waals surface area (Å²) in [4.78, 5) is 36.5. The summed E-state index contributed by atoms with van der Waals surface area (Å²) in [6.45, 7) is 11.9. The summed E-state index contributed by atoms with van der Waals surface area (Å²) in [5.41, 5.74) is 0.740. The Kier molecular flexibility index (Phi) is 7.42. The van der Waals surface area contributed by atoms with Crippen LogP contribution in [0.2, 0.25) is 0 Å². The van der Waals surface area contributed by atoms with E-state index in [0.29, 0.717) is 18.4 Å². The van der Waals surface area contributed by atoms with Crippen molar-refractivity contribution in [3.05, 3.63) is 23.3 Å². The van der Waals surface area contributed by atoms with E-state index in [1.807, 2.05) is 6.08 Å². The number of carbonyl (C=O) groups excluding carboxylic acids is 3. The van der Waals surface area contributed by atoms with Crippen molar-refractivity contribution in [3.8, 4) is 0 Å². The monoisotopic (exact) mass is 557 g/mol. The van der Waals surface area contributed by atoms with Crippen LogP contribution in [0, 0.1) is 28.6 Å². The minimum Gasteiger partial charge on any atom is -0.461 e. The Balaban J connectivity index is 1.24. The molecule has 0 aromatic carbocycles. The number of carbonyl (C=O) groups is 3. The van der Waals surface area contributed by atoms with E-state index < -0.39 is 29.3 Å². The molecule has 2 N–H and O–H groups in total. The molecule has 5 rings (SSSR count). The van der Waals surface area contributed by atoms with Crippen molar-refractivity contribution in [3.63, 3.8) is 0 Å². The summed E-state index contributed by atoms with van der Waals surface area (Å²) in [5, 5.41) is 15.0. The maximum absolute atomic E-state index is 12.8. The van der Waals surface area contributed by atoms with Gasteiger partial charge in [0.2, 0.25) is 0 Å². The highest BCUT2D eigenvalue weighted by molar-refractivity contribution is 5.84. The van der Waals surface area contributed by atoms with Crippen molar-refractivity contribution in [2.45, 2.75) is 123 Å². The van der Waals surface area contributed by atoms with Crippen LogP contribution in [0.5, 0.6) is 0 Å². The fourth-order valence-corrected chi connectivity index (χ4v) is 9.03. The van der Waals surface area contributed by atoms with E-state index in [9.17, 15) is 19.5 Å². The van der Waals surface area contributed by atoms with E-state index in [0.717, 1.165) is 63.4 Å². The number of cyclic esters (lactones) is 1. The number of alkyl carbamates (subject to hydrolysis) is 1. The Labute approximate surface area is 238 Å². The quantitative estimate of drug-likeness (QED) is 0.354. The molecule has 222 valence electrons. The molecule has 0 radical (unpaired) electrons. The van der Waals surface area contributed by atoms with Gasteiger partial charge in [-0.3, -0.25) is 0 Å². The van der Waals surface area contributed by atoms with Crippen LogP contribution in [0.15, 0.2) is 23.3 Å². The fourth-order valence-electron chi connectivity index (χ4n) is 9.03. The molecule has 40 heavy (non-hydrogen) atoms. The number of rotatable bonds is 3. The number of aliphatic hydroxyl groups is 1. The summed E-state index contributed by atoms with van der Waals surface area (Å²) in [5.74, 6) is 0.371. The molecule has 0 aromatic rings. The molecule has 8 heteroatoms. The standard InChI is InChI=1S/C32H47NO7/c1-19(33-28(36)40-29(2,3)4)27(35)39-22-11-14-30(5)21(17-22)8-9-25-24(30)12-15-31(6)23(13-16-32(25,31)37)20-7-10-26(34)38-18-20/h7,10,19,21-22,24-25,37H,8-9,11-18H2,1-6H3,(H,33,36)/b23-20-/t19?,21-,22?,24+,25-,30+,31-,32+/m1/s1. The van der Waals surface area contributed by atoms with Gasteiger partial charge in [-0.15, -0.1) is 0 Å². The molecule has 1 aliphatic heterocycles. The second-order valence-electron chi connectivity index (χ2n) is 14.4. The highest BCUT2D eigenvalue weighted by Gasteiger charge is 2.66. The second-order valence-corrected chi connectivity index (χ2v) is 14.4. The summed E-state index contributed by atoms with van der Waals surface area (Å²) in [7, 11) is 0. The zero-order chi connectivity index (χ0) is 29.1. The zero-order valence-electron chi connectivity index (χ0n) is 25.0. The number of esters is 2. The molecule has 5 aliphatic rings. The first-order valence-corrected chi connectivity index (χ1v) is 15.2. The van der Waals surface area contributed by atoms with Gasteiger partial charge in [0.25, 0.3) is 0 Å². The molecule has 0 aromatic heterocycles. The second kappa shape index (κ2) is 10.2. The first-order chi connectivity index (χ1) is 18.7. The number of hydrogen-bond donors (Lipinski definition) is 2. The van der Waals surface area contributed by atoms with E-state index in [4.69, 9.17) is 14.2 Å². The van der Waals surface area contributed by atoms with Crippen LogP contribution >= 0.6 is 0 Å². The van der Waals surface area contributed by atoms with Gasteiger partial charge in [0.05, 0.1) is 5.60 Å². The normalized spacial score (nSPS) is 41.6. The molecule has 1 heterocycles. The van der Waals surface area contributed by atoms with Crippen molar-refractivity contribution in [1.82, 2.24) is 5.32 Å². The van der Waals surface area contributed by atoms with Gasteiger partial charge in [-0.05, 0) is 120 Å². The van der Waals surface area contributed by atoms with Crippen LogP contribution in [0.3, 0.4) is 0 Å². The smallest absolute Gasteiger partial charge is 0.408 e. The van der Waals surface area contributed by atoms with Gasteiger partial charge < -0.3 is 24.6 Å². The zero-order valence-corrected chi connectivity index (χ0v) is 25.0. The Hall–Kier alpha value is -2.35. The molecule has 4 aliphatic carbocycles. The first kappa shape index (κ1) is 29.2. The molecule has 2 unspecified atom stereocenters. The van der Waals surface area contributed by atoms with Gasteiger partial charge in [0.15, 0.2) is 0 Å². The van der Waals surface area contributed by atoms with Crippen molar-refractivity contribution >= 4 is 18.0 Å². The van der Waals surface area contributed by atoms with Crippen LogP contribution < -0.4 is 5.32 Å².